The third-order valence-electron chi connectivity index (χ3n) is 3.64. The molecule has 0 heterocycles. The van der Waals surface area contributed by atoms with Gasteiger partial charge in [-0.25, -0.2) is 0 Å². The van der Waals surface area contributed by atoms with Crippen molar-refractivity contribution in [3.05, 3.63) is 46.0 Å². The van der Waals surface area contributed by atoms with Crippen LogP contribution in [0.4, 0.5) is 5.69 Å². The van der Waals surface area contributed by atoms with Crippen molar-refractivity contribution >= 4 is 17.7 Å². The summed E-state index contributed by atoms with van der Waals surface area (Å²) in [6, 6.07) is 6.32. The second-order valence-corrected chi connectivity index (χ2v) is 5.03. The Labute approximate surface area is 122 Å². The summed E-state index contributed by atoms with van der Waals surface area (Å²) in [5.74, 6) is -0.166. The topological polar surface area (TPSA) is 83.7 Å². The molecule has 0 unspecified atom stereocenters. The van der Waals surface area contributed by atoms with E-state index in [1.807, 2.05) is 0 Å². The number of hydrogen-bond donors (Lipinski definition) is 1. The van der Waals surface area contributed by atoms with Gasteiger partial charge in [-0.1, -0.05) is 12.1 Å². The fourth-order valence-corrected chi connectivity index (χ4v) is 2.28. The maximum atomic E-state index is 12.2. The van der Waals surface area contributed by atoms with Crippen molar-refractivity contribution < 1.29 is 14.8 Å². The second kappa shape index (κ2) is 6.99. The van der Waals surface area contributed by atoms with Gasteiger partial charge in [-0.3, -0.25) is 14.9 Å². The summed E-state index contributed by atoms with van der Waals surface area (Å²) in [5, 5.41) is 19.7. The van der Waals surface area contributed by atoms with Gasteiger partial charge in [-0.15, -0.1) is 0 Å². The Morgan fingerprint density at radius 1 is 1.48 bits per heavy atom. The van der Waals surface area contributed by atoms with Crippen molar-refractivity contribution in [2.75, 3.05) is 13.2 Å². The van der Waals surface area contributed by atoms with Crippen molar-refractivity contribution in [2.45, 2.75) is 25.3 Å². The number of carbonyl (C=O) groups is 1. The summed E-state index contributed by atoms with van der Waals surface area (Å²) in [4.78, 5) is 24.1. The zero-order chi connectivity index (χ0) is 15.2. The highest BCUT2D eigenvalue weighted by molar-refractivity contribution is 5.92. The Bertz CT molecular complexity index is 552. The molecule has 0 spiro atoms. The van der Waals surface area contributed by atoms with Crippen molar-refractivity contribution in [2.24, 2.45) is 0 Å². The number of nitro groups is 1. The molecule has 6 heteroatoms. The molecule has 112 valence electrons. The van der Waals surface area contributed by atoms with E-state index in [0.29, 0.717) is 12.1 Å². The lowest BCUT2D eigenvalue weighted by atomic mass is 9.91. The fourth-order valence-electron chi connectivity index (χ4n) is 2.28. The third-order valence-corrected chi connectivity index (χ3v) is 3.64. The molecule has 1 N–H and O–H groups in total. The Kier molecular flexibility index (Phi) is 5.05. The number of rotatable bonds is 6. The summed E-state index contributed by atoms with van der Waals surface area (Å²) in [7, 11) is 0. The number of aliphatic hydroxyl groups is 1. The Hall–Kier alpha value is -2.21. The standard InChI is InChI=1S/C15H18N2O4/c18-10-9-16(13-4-2-5-13)15(19)8-7-12-3-1-6-14(11-12)17(20)21/h1,3,6-8,11,13,18H,2,4-5,9-10H2/b8-7+. The SMILES string of the molecule is O=C(/C=C/c1cccc([N+](=O)[O-])c1)N(CCO)C1CCC1. The van der Waals surface area contributed by atoms with Gasteiger partial charge in [0.1, 0.15) is 0 Å². The van der Waals surface area contributed by atoms with E-state index in [9.17, 15) is 14.9 Å². The Morgan fingerprint density at radius 3 is 2.81 bits per heavy atom. The first-order valence-electron chi connectivity index (χ1n) is 6.96. The first-order chi connectivity index (χ1) is 10.1. The van der Waals surface area contributed by atoms with E-state index in [0.717, 1.165) is 19.3 Å². The van der Waals surface area contributed by atoms with E-state index in [2.05, 4.69) is 0 Å². The molecule has 1 aliphatic carbocycles. The number of hydrogen-bond acceptors (Lipinski definition) is 4. The van der Waals surface area contributed by atoms with Crippen molar-refractivity contribution in [1.82, 2.24) is 4.90 Å². The highest BCUT2D eigenvalue weighted by atomic mass is 16.6. The molecular weight excluding hydrogens is 272 g/mol. The van der Waals surface area contributed by atoms with Crippen molar-refractivity contribution in [3.8, 4) is 0 Å². The van der Waals surface area contributed by atoms with Gasteiger partial charge in [-0.2, -0.15) is 0 Å². The lowest BCUT2D eigenvalue weighted by Gasteiger charge is -2.36. The van der Waals surface area contributed by atoms with Crippen LogP contribution in [0.3, 0.4) is 0 Å². The molecule has 0 atom stereocenters. The molecule has 0 saturated heterocycles. The molecule has 6 nitrogen and oxygen atoms in total. The Morgan fingerprint density at radius 2 is 2.24 bits per heavy atom. The van der Waals surface area contributed by atoms with Crippen molar-refractivity contribution in [1.29, 1.82) is 0 Å². The molecule has 2 rings (SSSR count). The smallest absolute Gasteiger partial charge is 0.270 e. The molecule has 1 aromatic rings. The van der Waals surface area contributed by atoms with Crippen LogP contribution in [0.15, 0.2) is 30.3 Å². The van der Waals surface area contributed by atoms with Crippen LogP contribution < -0.4 is 0 Å². The number of non-ortho nitro benzene ring substituents is 1. The predicted octanol–water partition coefficient (Wildman–Crippen LogP) is 1.98. The van der Waals surface area contributed by atoms with Crippen LogP contribution in [0.25, 0.3) is 6.08 Å². The molecule has 1 amide bonds. The van der Waals surface area contributed by atoms with Crippen LogP contribution in [0.1, 0.15) is 24.8 Å². The van der Waals surface area contributed by atoms with Crippen LogP contribution in [0.2, 0.25) is 0 Å². The molecule has 1 aromatic carbocycles. The number of amides is 1. The maximum Gasteiger partial charge on any atom is 0.270 e. The van der Waals surface area contributed by atoms with E-state index in [1.165, 1.54) is 18.2 Å². The first kappa shape index (κ1) is 15.2. The molecule has 0 bridgehead atoms. The number of nitrogens with zero attached hydrogens (tertiary/aromatic N) is 2. The van der Waals surface area contributed by atoms with Crippen LogP contribution in [-0.4, -0.2) is 40.0 Å². The minimum Gasteiger partial charge on any atom is -0.395 e. The lowest BCUT2D eigenvalue weighted by Crippen LogP contribution is -2.44. The molecule has 0 aromatic heterocycles. The van der Waals surface area contributed by atoms with Crippen LogP contribution in [0, 0.1) is 10.1 Å². The Balaban J connectivity index is 2.06. The number of aliphatic hydroxyl groups excluding tert-OH is 1. The summed E-state index contributed by atoms with van der Waals surface area (Å²) in [6.07, 6.45) is 6.02. The normalized spacial score (nSPS) is 14.9. The lowest BCUT2D eigenvalue weighted by molar-refractivity contribution is -0.384. The zero-order valence-corrected chi connectivity index (χ0v) is 11.6. The summed E-state index contributed by atoms with van der Waals surface area (Å²) < 4.78 is 0. The first-order valence-corrected chi connectivity index (χ1v) is 6.96. The van der Waals surface area contributed by atoms with E-state index in [4.69, 9.17) is 5.11 Å². The minimum absolute atomic E-state index is 0.00388. The maximum absolute atomic E-state index is 12.2. The quantitative estimate of drug-likeness (QED) is 0.493. The summed E-state index contributed by atoms with van der Waals surface area (Å²) >= 11 is 0. The van der Waals surface area contributed by atoms with Gasteiger partial charge in [0.15, 0.2) is 0 Å². The summed E-state index contributed by atoms with van der Waals surface area (Å²) in [6.45, 7) is 0.260. The van der Waals surface area contributed by atoms with Gasteiger partial charge < -0.3 is 10.0 Å². The van der Waals surface area contributed by atoms with E-state index < -0.39 is 4.92 Å². The van der Waals surface area contributed by atoms with Gasteiger partial charge in [-0.05, 0) is 30.9 Å². The van der Waals surface area contributed by atoms with Gasteiger partial charge in [0.25, 0.3) is 5.69 Å². The van der Waals surface area contributed by atoms with Gasteiger partial charge in [0.05, 0.1) is 11.5 Å². The van der Waals surface area contributed by atoms with Gasteiger partial charge >= 0.3 is 0 Å². The summed E-state index contributed by atoms with van der Waals surface area (Å²) in [5.41, 5.74) is 0.603. The number of carbonyl (C=O) groups excluding carboxylic acids is 1. The largest absolute Gasteiger partial charge is 0.395 e. The highest BCUT2D eigenvalue weighted by Crippen LogP contribution is 2.25. The highest BCUT2D eigenvalue weighted by Gasteiger charge is 2.26. The average Bonchev–Trinajstić information content (AvgIpc) is 2.42. The molecule has 1 aliphatic rings. The predicted molar refractivity (Wildman–Crippen MR) is 78.6 cm³/mol. The molecule has 0 aliphatic heterocycles. The molecule has 21 heavy (non-hydrogen) atoms. The third kappa shape index (κ3) is 3.88. The zero-order valence-electron chi connectivity index (χ0n) is 11.6. The second-order valence-electron chi connectivity index (χ2n) is 5.03. The monoisotopic (exact) mass is 290 g/mol. The van der Waals surface area contributed by atoms with E-state index in [1.54, 1.807) is 23.1 Å². The number of benzene rings is 1. The van der Waals surface area contributed by atoms with Crippen LogP contribution in [0.5, 0.6) is 0 Å². The molecular formula is C15H18N2O4. The van der Waals surface area contributed by atoms with Gasteiger partial charge in [0.2, 0.25) is 5.91 Å². The van der Waals surface area contributed by atoms with E-state index in [-0.39, 0.29) is 24.2 Å². The molecule has 1 saturated carbocycles. The molecule has 0 radical (unpaired) electrons. The van der Waals surface area contributed by atoms with Crippen molar-refractivity contribution in [3.63, 3.8) is 0 Å². The van der Waals surface area contributed by atoms with Gasteiger partial charge in [0, 0.05) is 30.8 Å². The van der Waals surface area contributed by atoms with E-state index >= 15 is 0 Å². The average molecular weight is 290 g/mol. The fraction of sp³-hybridized carbons (Fsp3) is 0.400. The van der Waals surface area contributed by atoms with Crippen LogP contribution >= 0.6 is 0 Å². The molecule has 1 fully saturated rings. The minimum atomic E-state index is -0.467. The van der Waals surface area contributed by atoms with Crippen LogP contribution in [-0.2, 0) is 4.79 Å². The number of nitro benzene ring substituents is 1.